The van der Waals surface area contributed by atoms with E-state index >= 15 is 0 Å². The molecular formula is C13H16N2O2. The average molecular weight is 232 g/mol. The van der Waals surface area contributed by atoms with E-state index in [0.29, 0.717) is 6.61 Å². The molecule has 0 atom stereocenters. The first-order valence-electron chi connectivity index (χ1n) is 5.63. The van der Waals surface area contributed by atoms with Gasteiger partial charge >= 0.3 is 0 Å². The maximum atomic E-state index is 11.6. The van der Waals surface area contributed by atoms with Crippen LogP contribution in [0.5, 0.6) is 0 Å². The second kappa shape index (κ2) is 5.61. The summed E-state index contributed by atoms with van der Waals surface area (Å²) in [5, 5.41) is 3.10. The zero-order valence-electron chi connectivity index (χ0n) is 9.82. The van der Waals surface area contributed by atoms with E-state index in [1.165, 1.54) is 0 Å². The number of hydrogen-bond acceptors (Lipinski definition) is 3. The third-order valence-electron chi connectivity index (χ3n) is 2.79. The lowest BCUT2D eigenvalue weighted by Crippen LogP contribution is -2.37. The summed E-state index contributed by atoms with van der Waals surface area (Å²) in [6.07, 6.45) is 0. The lowest BCUT2D eigenvalue weighted by Gasteiger charge is -2.21. The van der Waals surface area contributed by atoms with E-state index in [1.54, 1.807) is 0 Å². The van der Waals surface area contributed by atoms with E-state index in [9.17, 15) is 4.79 Å². The van der Waals surface area contributed by atoms with Crippen LogP contribution in [0.4, 0.5) is 0 Å². The SMILES string of the molecule is CC(C(=O)NOCc1ccccc1)=C1CNC1. The van der Waals surface area contributed by atoms with E-state index in [2.05, 4.69) is 10.8 Å². The molecule has 0 aliphatic carbocycles. The van der Waals surface area contributed by atoms with Gasteiger partial charge in [-0.25, -0.2) is 5.48 Å². The van der Waals surface area contributed by atoms with Crippen LogP contribution in [0.25, 0.3) is 0 Å². The van der Waals surface area contributed by atoms with Gasteiger partial charge in [0.15, 0.2) is 0 Å². The highest BCUT2D eigenvalue weighted by atomic mass is 16.6. The molecule has 0 unspecified atom stereocenters. The Kier molecular flexibility index (Phi) is 3.90. The Morgan fingerprint density at radius 1 is 1.35 bits per heavy atom. The van der Waals surface area contributed by atoms with Crippen LogP contribution in [-0.2, 0) is 16.2 Å². The van der Waals surface area contributed by atoms with Crippen LogP contribution in [0.15, 0.2) is 41.5 Å². The molecule has 1 saturated heterocycles. The maximum Gasteiger partial charge on any atom is 0.270 e. The first kappa shape index (κ1) is 11.8. The van der Waals surface area contributed by atoms with Crippen LogP contribution in [0, 0.1) is 0 Å². The predicted octanol–water partition coefficient (Wildman–Crippen LogP) is 1.15. The molecule has 90 valence electrons. The molecule has 4 nitrogen and oxygen atoms in total. The standard InChI is InChI=1S/C13H16N2O2/c1-10(12-7-14-8-12)13(16)15-17-9-11-5-3-2-4-6-11/h2-6,14H,7-9H2,1H3,(H,15,16). The van der Waals surface area contributed by atoms with E-state index in [4.69, 9.17) is 4.84 Å². The van der Waals surface area contributed by atoms with Crippen LogP contribution in [-0.4, -0.2) is 19.0 Å². The smallest absolute Gasteiger partial charge is 0.270 e. The van der Waals surface area contributed by atoms with Crippen molar-refractivity contribution in [1.82, 2.24) is 10.8 Å². The minimum atomic E-state index is -0.155. The van der Waals surface area contributed by atoms with Crippen LogP contribution in [0.1, 0.15) is 12.5 Å². The molecule has 0 aromatic heterocycles. The summed E-state index contributed by atoms with van der Waals surface area (Å²) >= 11 is 0. The third-order valence-corrected chi connectivity index (χ3v) is 2.79. The van der Waals surface area contributed by atoms with Crippen molar-refractivity contribution in [1.29, 1.82) is 0 Å². The Morgan fingerprint density at radius 3 is 2.65 bits per heavy atom. The van der Waals surface area contributed by atoms with E-state index in [0.717, 1.165) is 29.8 Å². The molecule has 0 bridgehead atoms. The molecule has 1 aliphatic heterocycles. The highest BCUT2D eigenvalue weighted by Crippen LogP contribution is 2.08. The predicted molar refractivity (Wildman–Crippen MR) is 64.9 cm³/mol. The molecule has 0 saturated carbocycles. The second-order valence-electron chi connectivity index (χ2n) is 4.04. The fourth-order valence-corrected chi connectivity index (χ4v) is 1.51. The first-order chi connectivity index (χ1) is 8.27. The van der Waals surface area contributed by atoms with Crippen molar-refractivity contribution in [2.75, 3.05) is 13.1 Å². The molecule has 17 heavy (non-hydrogen) atoms. The zero-order chi connectivity index (χ0) is 12.1. The number of benzene rings is 1. The summed E-state index contributed by atoms with van der Waals surface area (Å²) in [5.74, 6) is -0.155. The van der Waals surface area contributed by atoms with E-state index in [-0.39, 0.29) is 5.91 Å². The normalized spacial score (nSPS) is 14.1. The highest BCUT2D eigenvalue weighted by Gasteiger charge is 2.15. The molecule has 1 aromatic rings. The molecule has 4 heteroatoms. The number of amides is 1. The lowest BCUT2D eigenvalue weighted by molar-refractivity contribution is -0.130. The Balaban J connectivity index is 1.77. The third kappa shape index (κ3) is 3.15. The van der Waals surface area contributed by atoms with Gasteiger partial charge in [-0.05, 0) is 18.1 Å². The van der Waals surface area contributed by atoms with Crippen LogP contribution in [0.3, 0.4) is 0 Å². The molecule has 2 N–H and O–H groups in total. The largest absolute Gasteiger partial charge is 0.309 e. The summed E-state index contributed by atoms with van der Waals surface area (Å²) < 4.78 is 0. The van der Waals surface area contributed by atoms with Gasteiger partial charge in [0, 0.05) is 18.7 Å². The molecule has 1 heterocycles. The Labute approximate surface area is 101 Å². The quantitative estimate of drug-likeness (QED) is 0.605. The summed E-state index contributed by atoms with van der Waals surface area (Å²) in [6, 6.07) is 9.72. The Morgan fingerprint density at radius 2 is 2.06 bits per heavy atom. The lowest BCUT2D eigenvalue weighted by atomic mass is 10.0. The molecule has 1 aromatic carbocycles. The fourth-order valence-electron chi connectivity index (χ4n) is 1.51. The average Bonchev–Trinajstić information content (AvgIpc) is 2.28. The van der Waals surface area contributed by atoms with Gasteiger partial charge in [-0.3, -0.25) is 9.63 Å². The monoisotopic (exact) mass is 232 g/mol. The molecular weight excluding hydrogens is 216 g/mol. The number of rotatable bonds is 4. The summed E-state index contributed by atoms with van der Waals surface area (Å²) in [6.45, 7) is 3.81. The molecule has 1 fully saturated rings. The molecule has 2 rings (SSSR count). The molecule has 0 radical (unpaired) electrons. The minimum Gasteiger partial charge on any atom is -0.309 e. The van der Waals surface area contributed by atoms with Crippen molar-refractivity contribution < 1.29 is 9.63 Å². The molecule has 1 amide bonds. The Bertz CT molecular complexity index is 420. The van der Waals surface area contributed by atoms with Gasteiger partial charge in [0.25, 0.3) is 5.91 Å². The number of hydrogen-bond donors (Lipinski definition) is 2. The highest BCUT2D eigenvalue weighted by molar-refractivity contribution is 5.93. The Hall–Kier alpha value is -1.65. The van der Waals surface area contributed by atoms with E-state index in [1.807, 2.05) is 37.3 Å². The topological polar surface area (TPSA) is 50.4 Å². The van der Waals surface area contributed by atoms with Gasteiger partial charge in [-0.2, -0.15) is 0 Å². The van der Waals surface area contributed by atoms with Gasteiger partial charge in [0.1, 0.15) is 0 Å². The van der Waals surface area contributed by atoms with Gasteiger partial charge in [-0.1, -0.05) is 30.3 Å². The van der Waals surface area contributed by atoms with Gasteiger partial charge in [0.2, 0.25) is 0 Å². The van der Waals surface area contributed by atoms with Crippen molar-refractivity contribution in [3.05, 3.63) is 47.0 Å². The number of carbonyl (C=O) groups is 1. The van der Waals surface area contributed by atoms with Crippen LogP contribution >= 0.6 is 0 Å². The van der Waals surface area contributed by atoms with Crippen molar-refractivity contribution in [2.45, 2.75) is 13.5 Å². The van der Waals surface area contributed by atoms with E-state index < -0.39 is 0 Å². The van der Waals surface area contributed by atoms with Crippen molar-refractivity contribution in [3.63, 3.8) is 0 Å². The number of carbonyl (C=O) groups excluding carboxylic acids is 1. The van der Waals surface area contributed by atoms with Crippen LogP contribution < -0.4 is 10.8 Å². The van der Waals surface area contributed by atoms with Gasteiger partial charge in [0.05, 0.1) is 6.61 Å². The van der Waals surface area contributed by atoms with Crippen LogP contribution in [0.2, 0.25) is 0 Å². The second-order valence-corrected chi connectivity index (χ2v) is 4.04. The summed E-state index contributed by atoms with van der Waals surface area (Å²) in [7, 11) is 0. The maximum absolute atomic E-state index is 11.6. The summed E-state index contributed by atoms with van der Waals surface area (Å²) in [5.41, 5.74) is 5.38. The molecule has 0 spiro atoms. The van der Waals surface area contributed by atoms with Crippen molar-refractivity contribution in [2.24, 2.45) is 0 Å². The fraction of sp³-hybridized carbons (Fsp3) is 0.308. The van der Waals surface area contributed by atoms with Gasteiger partial charge < -0.3 is 5.32 Å². The number of nitrogens with one attached hydrogen (secondary N) is 2. The zero-order valence-corrected chi connectivity index (χ0v) is 9.82. The van der Waals surface area contributed by atoms with Gasteiger partial charge in [-0.15, -0.1) is 0 Å². The number of hydroxylamine groups is 1. The first-order valence-corrected chi connectivity index (χ1v) is 5.63. The van der Waals surface area contributed by atoms with Crippen molar-refractivity contribution in [3.8, 4) is 0 Å². The van der Waals surface area contributed by atoms with Crippen molar-refractivity contribution >= 4 is 5.91 Å². The summed E-state index contributed by atoms with van der Waals surface area (Å²) in [4.78, 5) is 16.8. The molecule has 1 aliphatic rings. The minimum absolute atomic E-state index is 0.155.